The first-order chi connectivity index (χ1) is 14.9. The summed E-state index contributed by atoms with van der Waals surface area (Å²) in [6, 6.07) is 17.3. The van der Waals surface area contributed by atoms with Gasteiger partial charge in [0.1, 0.15) is 0 Å². The second-order valence-corrected chi connectivity index (χ2v) is 9.06. The third-order valence-corrected chi connectivity index (χ3v) is 6.29. The van der Waals surface area contributed by atoms with Crippen LogP contribution in [-0.4, -0.2) is 28.5 Å². The number of piperidine rings is 1. The molecule has 0 radical (unpaired) electrons. The van der Waals surface area contributed by atoms with Crippen molar-refractivity contribution in [3.63, 3.8) is 0 Å². The standard InChI is InChI=1S/C26H31N3O2/c1-18-12-19(2)16-29(15-18)17-21-9-5-4-8-20(21)14-27-26(31)23-13-25(30)28(3)24-11-7-6-10-22(23)24/h4-11,13,18-19H,12,14-17H2,1-3H3,(H,27,31). The zero-order valence-corrected chi connectivity index (χ0v) is 18.6. The van der Waals surface area contributed by atoms with Crippen LogP contribution in [0.2, 0.25) is 0 Å². The number of carbonyl (C=O) groups is 1. The van der Waals surface area contributed by atoms with Crippen LogP contribution in [0.15, 0.2) is 59.4 Å². The Bertz CT molecular complexity index is 1140. The molecule has 1 aromatic heterocycles. The predicted molar refractivity (Wildman–Crippen MR) is 125 cm³/mol. The molecule has 0 spiro atoms. The summed E-state index contributed by atoms with van der Waals surface area (Å²) in [5.74, 6) is 1.21. The Morgan fingerprint density at radius 1 is 1.00 bits per heavy atom. The molecule has 5 heteroatoms. The van der Waals surface area contributed by atoms with Crippen LogP contribution < -0.4 is 10.9 Å². The van der Waals surface area contributed by atoms with Gasteiger partial charge in [0.05, 0.1) is 11.1 Å². The monoisotopic (exact) mass is 417 g/mol. The Morgan fingerprint density at radius 2 is 1.65 bits per heavy atom. The lowest BCUT2D eigenvalue weighted by molar-refractivity contribution is 0.0952. The molecule has 2 aromatic carbocycles. The SMILES string of the molecule is CC1CC(C)CN(Cc2ccccc2CNC(=O)c2cc(=O)n(C)c3ccccc23)C1. The number of likely N-dealkylation sites (tertiary alicyclic amines) is 1. The smallest absolute Gasteiger partial charge is 0.252 e. The lowest BCUT2D eigenvalue weighted by Gasteiger charge is -2.35. The molecule has 0 aliphatic carbocycles. The molecule has 3 aromatic rings. The van der Waals surface area contributed by atoms with Crippen molar-refractivity contribution in [3.8, 4) is 0 Å². The largest absolute Gasteiger partial charge is 0.348 e. The number of aromatic nitrogens is 1. The van der Waals surface area contributed by atoms with Gasteiger partial charge in [-0.15, -0.1) is 0 Å². The maximum Gasteiger partial charge on any atom is 0.252 e. The minimum absolute atomic E-state index is 0.183. The number of pyridine rings is 1. The van der Waals surface area contributed by atoms with Crippen molar-refractivity contribution in [1.82, 2.24) is 14.8 Å². The summed E-state index contributed by atoms with van der Waals surface area (Å²) in [5, 5.41) is 3.83. The Balaban J connectivity index is 1.52. The number of hydrogen-bond acceptors (Lipinski definition) is 3. The first kappa shape index (κ1) is 21.3. The summed E-state index contributed by atoms with van der Waals surface area (Å²) in [6.07, 6.45) is 1.29. The second-order valence-electron chi connectivity index (χ2n) is 9.06. The predicted octanol–water partition coefficient (Wildman–Crippen LogP) is 3.95. The fraction of sp³-hybridized carbons (Fsp3) is 0.385. The van der Waals surface area contributed by atoms with Crippen molar-refractivity contribution in [2.24, 2.45) is 18.9 Å². The highest BCUT2D eigenvalue weighted by Gasteiger charge is 2.22. The van der Waals surface area contributed by atoms with E-state index in [9.17, 15) is 9.59 Å². The van der Waals surface area contributed by atoms with Crippen LogP contribution in [0.25, 0.3) is 10.9 Å². The van der Waals surface area contributed by atoms with Crippen LogP contribution in [0, 0.1) is 11.8 Å². The average Bonchev–Trinajstić information content (AvgIpc) is 2.75. The first-order valence-electron chi connectivity index (χ1n) is 11.1. The lowest BCUT2D eigenvalue weighted by atomic mass is 9.91. The van der Waals surface area contributed by atoms with Gasteiger partial charge in [0.25, 0.3) is 11.5 Å². The molecule has 2 atom stereocenters. The van der Waals surface area contributed by atoms with Crippen molar-refractivity contribution in [1.29, 1.82) is 0 Å². The highest BCUT2D eigenvalue weighted by atomic mass is 16.2. The maximum absolute atomic E-state index is 13.0. The third-order valence-electron chi connectivity index (χ3n) is 6.29. The number of fused-ring (bicyclic) bond motifs is 1. The van der Waals surface area contributed by atoms with Gasteiger partial charge in [0, 0.05) is 44.7 Å². The summed E-state index contributed by atoms with van der Waals surface area (Å²) in [6.45, 7) is 8.22. The Hall–Kier alpha value is -2.92. The summed E-state index contributed by atoms with van der Waals surface area (Å²) < 4.78 is 1.57. The van der Waals surface area contributed by atoms with Gasteiger partial charge in [0.15, 0.2) is 0 Å². The number of benzene rings is 2. The summed E-state index contributed by atoms with van der Waals surface area (Å²) in [7, 11) is 1.73. The van der Waals surface area contributed by atoms with Crippen LogP contribution >= 0.6 is 0 Å². The normalized spacial score (nSPS) is 19.5. The molecule has 0 saturated carbocycles. The van der Waals surface area contributed by atoms with Gasteiger partial charge in [-0.2, -0.15) is 0 Å². The van der Waals surface area contributed by atoms with Crippen LogP contribution in [0.3, 0.4) is 0 Å². The average molecular weight is 418 g/mol. The second kappa shape index (κ2) is 9.06. The summed E-state index contributed by atoms with van der Waals surface area (Å²) in [5.41, 5.74) is 3.37. The van der Waals surface area contributed by atoms with E-state index in [-0.39, 0.29) is 11.5 Å². The van der Waals surface area contributed by atoms with Crippen LogP contribution in [0.4, 0.5) is 0 Å². The maximum atomic E-state index is 13.0. The number of carbonyl (C=O) groups excluding carboxylic acids is 1. The highest BCUT2D eigenvalue weighted by molar-refractivity contribution is 6.06. The molecular weight excluding hydrogens is 386 g/mol. The number of amides is 1. The molecule has 1 aliphatic heterocycles. The van der Waals surface area contributed by atoms with Gasteiger partial charge >= 0.3 is 0 Å². The minimum Gasteiger partial charge on any atom is -0.348 e. The number of nitrogens with one attached hydrogen (secondary N) is 1. The Kier molecular flexibility index (Phi) is 6.23. The fourth-order valence-corrected chi connectivity index (χ4v) is 4.92. The Labute approximate surface area is 183 Å². The summed E-state index contributed by atoms with van der Waals surface area (Å²) >= 11 is 0. The van der Waals surface area contributed by atoms with Crippen LogP contribution in [0.1, 0.15) is 41.8 Å². The third kappa shape index (κ3) is 4.72. The molecule has 5 nitrogen and oxygen atoms in total. The molecule has 4 rings (SSSR count). The molecule has 1 N–H and O–H groups in total. The number of hydrogen-bond donors (Lipinski definition) is 1. The molecular formula is C26H31N3O2. The van der Waals surface area contributed by atoms with Crippen molar-refractivity contribution < 1.29 is 4.79 Å². The van der Waals surface area contributed by atoms with E-state index < -0.39 is 0 Å². The van der Waals surface area contributed by atoms with Gasteiger partial charge in [-0.3, -0.25) is 14.5 Å². The van der Waals surface area contributed by atoms with Gasteiger partial charge in [-0.05, 0) is 35.4 Å². The molecule has 31 heavy (non-hydrogen) atoms. The van der Waals surface area contributed by atoms with E-state index in [1.165, 1.54) is 18.1 Å². The molecule has 1 saturated heterocycles. The first-order valence-corrected chi connectivity index (χ1v) is 11.1. The van der Waals surface area contributed by atoms with Crippen LogP contribution in [0.5, 0.6) is 0 Å². The van der Waals surface area contributed by atoms with Crippen LogP contribution in [-0.2, 0) is 20.1 Å². The van der Waals surface area contributed by atoms with Crippen molar-refractivity contribution in [2.45, 2.75) is 33.4 Å². The lowest BCUT2D eigenvalue weighted by Crippen LogP contribution is -2.38. The summed E-state index contributed by atoms with van der Waals surface area (Å²) in [4.78, 5) is 27.9. The van der Waals surface area contributed by atoms with Gasteiger partial charge in [0.2, 0.25) is 0 Å². The molecule has 1 amide bonds. The molecule has 1 fully saturated rings. The molecule has 2 unspecified atom stereocenters. The number of nitrogens with zero attached hydrogens (tertiary/aromatic N) is 2. The van der Waals surface area contributed by atoms with E-state index >= 15 is 0 Å². The van der Waals surface area contributed by atoms with E-state index in [1.807, 2.05) is 30.3 Å². The van der Waals surface area contributed by atoms with E-state index in [4.69, 9.17) is 0 Å². The molecule has 162 valence electrons. The molecule has 1 aliphatic rings. The van der Waals surface area contributed by atoms with E-state index in [0.717, 1.165) is 36.1 Å². The van der Waals surface area contributed by atoms with Gasteiger partial charge in [-0.25, -0.2) is 0 Å². The topological polar surface area (TPSA) is 54.3 Å². The van der Waals surface area contributed by atoms with E-state index in [1.54, 1.807) is 11.6 Å². The zero-order valence-electron chi connectivity index (χ0n) is 18.6. The fourth-order valence-electron chi connectivity index (χ4n) is 4.92. The Morgan fingerprint density at radius 3 is 2.39 bits per heavy atom. The van der Waals surface area contributed by atoms with Crippen molar-refractivity contribution >= 4 is 16.8 Å². The zero-order chi connectivity index (χ0) is 22.0. The van der Waals surface area contributed by atoms with Crippen molar-refractivity contribution in [3.05, 3.63) is 81.6 Å². The van der Waals surface area contributed by atoms with E-state index in [2.05, 4.69) is 42.3 Å². The van der Waals surface area contributed by atoms with Gasteiger partial charge < -0.3 is 9.88 Å². The van der Waals surface area contributed by atoms with E-state index in [0.29, 0.717) is 23.9 Å². The van der Waals surface area contributed by atoms with Gasteiger partial charge in [-0.1, -0.05) is 56.3 Å². The number of para-hydroxylation sites is 1. The quantitative estimate of drug-likeness (QED) is 0.684. The minimum atomic E-state index is -0.219. The molecule has 0 bridgehead atoms. The van der Waals surface area contributed by atoms with Crippen molar-refractivity contribution in [2.75, 3.05) is 13.1 Å². The number of rotatable bonds is 5. The highest BCUT2D eigenvalue weighted by Crippen LogP contribution is 2.23. The number of aryl methyl sites for hydroxylation is 1. The molecule has 2 heterocycles.